The van der Waals surface area contributed by atoms with E-state index in [2.05, 4.69) is 18.4 Å². The number of nitrogens with zero attached hydrogens (tertiary/aromatic N) is 2. The Labute approximate surface area is 160 Å². The van der Waals surface area contributed by atoms with Crippen LogP contribution >= 0.6 is 12.4 Å². The van der Waals surface area contributed by atoms with Crippen LogP contribution in [0.4, 0.5) is 0 Å². The summed E-state index contributed by atoms with van der Waals surface area (Å²) in [5.41, 5.74) is 1.98. The third kappa shape index (κ3) is 4.48. The molecule has 0 saturated heterocycles. The lowest BCUT2D eigenvalue weighted by molar-refractivity contribution is 0.0924. The van der Waals surface area contributed by atoms with Gasteiger partial charge in [0.25, 0.3) is 0 Å². The molecule has 1 atom stereocenters. The summed E-state index contributed by atoms with van der Waals surface area (Å²) in [6.07, 6.45) is -0.638. The van der Waals surface area contributed by atoms with Crippen LogP contribution < -0.4 is 9.47 Å². The number of ether oxygens (including phenoxy) is 2. The molecule has 0 bridgehead atoms. The number of hydrogen-bond acceptors (Lipinski definition) is 4. The van der Waals surface area contributed by atoms with E-state index in [1.807, 2.05) is 42.5 Å². The molecule has 0 saturated carbocycles. The maximum absolute atomic E-state index is 10.5. The van der Waals surface area contributed by atoms with Gasteiger partial charge in [0.2, 0.25) is 0 Å². The second-order valence-corrected chi connectivity index (χ2v) is 6.37. The molecule has 1 unspecified atom stereocenters. The number of aliphatic hydroxyl groups excluding tert-OH is 1. The number of halogens is 1. The van der Waals surface area contributed by atoms with E-state index >= 15 is 0 Å². The fourth-order valence-corrected chi connectivity index (χ4v) is 2.87. The molecule has 140 valence electrons. The van der Waals surface area contributed by atoms with Gasteiger partial charge in [-0.05, 0) is 24.3 Å². The van der Waals surface area contributed by atoms with Gasteiger partial charge in [-0.1, -0.05) is 32.0 Å². The van der Waals surface area contributed by atoms with Crippen LogP contribution in [0, 0.1) is 0 Å². The Bertz CT molecular complexity index is 848. The smallest absolute Gasteiger partial charge is 0.123 e. The van der Waals surface area contributed by atoms with Crippen molar-refractivity contribution in [2.45, 2.75) is 32.4 Å². The maximum Gasteiger partial charge on any atom is 0.123 e. The first-order valence-electron chi connectivity index (χ1n) is 8.48. The van der Waals surface area contributed by atoms with Crippen LogP contribution in [0.25, 0.3) is 11.0 Å². The Morgan fingerprint density at radius 3 is 2.54 bits per heavy atom. The lowest BCUT2D eigenvalue weighted by Gasteiger charge is -2.17. The third-order valence-electron chi connectivity index (χ3n) is 4.08. The summed E-state index contributed by atoms with van der Waals surface area (Å²) in [6.45, 7) is 4.86. The number of fused-ring (bicyclic) bond motifs is 1. The number of aromatic nitrogens is 2. The first-order valence-corrected chi connectivity index (χ1v) is 8.48. The van der Waals surface area contributed by atoms with Crippen molar-refractivity contribution in [3.05, 3.63) is 54.4 Å². The largest absolute Gasteiger partial charge is 0.497 e. The van der Waals surface area contributed by atoms with Crippen LogP contribution in [-0.2, 0) is 6.54 Å². The topological polar surface area (TPSA) is 56.5 Å². The fourth-order valence-electron chi connectivity index (χ4n) is 2.87. The molecule has 3 aromatic rings. The monoisotopic (exact) mass is 376 g/mol. The number of hydrogen-bond donors (Lipinski definition) is 1. The molecule has 0 aliphatic carbocycles. The Morgan fingerprint density at radius 1 is 1.08 bits per heavy atom. The number of para-hydroxylation sites is 2. The maximum atomic E-state index is 10.5. The minimum absolute atomic E-state index is 0. The summed E-state index contributed by atoms with van der Waals surface area (Å²) < 4.78 is 13.0. The van der Waals surface area contributed by atoms with Crippen molar-refractivity contribution in [2.24, 2.45) is 0 Å². The summed E-state index contributed by atoms with van der Waals surface area (Å²) >= 11 is 0. The van der Waals surface area contributed by atoms with E-state index in [9.17, 15) is 5.11 Å². The Kier molecular flexibility index (Phi) is 6.89. The average molecular weight is 377 g/mol. The number of rotatable bonds is 7. The summed E-state index contributed by atoms with van der Waals surface area (Å²) in [5.74, 6) is 2.66. The van der Waals surface area contributed by atoms with Crippen molar-refractivity contribution in [3.63, 3.8) is 0 Å². The Balaban J connectivity index is 0.00000243. The zero-order valence-electron chi connectivity index (χ0n) is 15.3. The van der Waals surface area contributed by atoms with E-state index in [1.54, 1.807) is 13.2 Å². The van der Waals surface area contributed by atoms with Crippen molar-refractivity contribution >= 4 is 23.4 Å². The first kappa shape index (κ1) is 20.1. The molecule has 0 aliphatic heterocycles. The predicted molar refractivity (Wildman–Crippen MR) is 106 cm³/mol. The highest BCUT2D eigenvalue weighted by molar-refractivity contribution is 5.85. The minimum atomic E-state index is -0.638. The molecule has 0 aliphatic rings. The van der Waals surface area contributed by atoms with Crippen molar-refractivity contribution in [1.82, 2.24) is 9.55 Å². The van der Waals surface area contributed by atoms with Gasteiger partial charge in [-0.2, -0.15) is 0 Å². The van der Waals surface area contributed by atoms with Gasteiger partial charge in [0, 0.05) is 12.0 Å². The molecule has 1 N–H and O–H groups in total. The van der Waals surface area contributed by atoms with Gasteiger partial charge in [-0.15, -0.1) is 12.4 Å². The highest BCUT2D eigenvalue weighted by Crippen LogP contribution is 2.23. The lowest BCUT2D eigenvalue weighted by atomic mass is 10.2. The highest BCUT2D eigenvalue weighted by Gasteiger charge is 2.16. The summed E-state index contributed by atoms with van der Waals surface area (Å²) in [5, 5.41) is 10.5. The molecule has 2 aromatic carbocycles. The molecule has 0 radical (unpaired) electrons. The zero-order valence-corrected chi connectivity index (χ0v) is 16.1. The van der Waals surface area contributed by atoms with E-state index in [4.69, 9.17) is 14.5 Å². The van der Waals surface area contributed by atoms with Crippen LogP contribution in [0.3, 0.4) is 0 Å². The van der Waals surface area contributed by atoms with Gasteiger partial charge in [0.15, 0.2) is 0 Å². The van der Waals surface area contributed by atoms with E-state index in [1.165, 1.54) is 0 Å². The van der Waals surface area contributed by atoms with Crippen LogP contribution in [0.1, 0.15) is 25.6 Å². The minimum Gasteiger partial charge on any atom is -0.497 e. The molecule has 6 heteroatoms. The second-order valence-electron chi connectivity index (χ2n) is 6.37. The van der Waals surface area contributed by atoms with Crippen molar-refractivity contribution in [3.8, 4) is 11.5 Å². The van der Waals surface area contributed by atoms with Gasteiger partial charge >= 0.3 is 0 Å². The van der Waals surface area contributed by atoms with Gasteiger partial charge in [-0.3, -0.25) is 0 Å². The van der Waals surface area contributed by atoms with Gasteiger partial charge < -0.3 is 19.1 Å². The van der Waals surface area contributed by atoms with Crippen LogP contribution in [0.5, 0.6) is 11.5 Å². The molecule has 1 heterocycles. The quantitative estimate of drug-likeness (QED) is 0.676. The van der Waals surface area contributed by atoms with E-state index < -0.39 is 6.10 Å². The first-order chi connectivity index (χ1) is 12.1. The van der Waals surface area contributed by atoms with Gasteiger partial charge in [0.05, 0.1) is 24.7 Å². The second kappa shape index (κ2) is 8.92. The van der Waals surface area contributed by atoms with E-state index in [0.29, 0.717) is 12.3 Å². The molecular weight excluding hydrogens is 352 g/mol. The summed E-state index contributed by atoms with van der Waals surface area (Å²) in [6, 6.07) is 15.4. The number of aliphatic hydroxyl groups is 1. The number of benzene rings is 2. The zero-order chi connectivity index (χ0) is 17.8. The number of methoxy groups -OCH3 is 1. The van der Waals surface area contributed by atoms with Crippen molar-refractivity contribution in [2.75, 3.05) is 13.7 Å². The number of imidazole rings is 1. The normalized spacial score (nSPS) is 12.0. The fraction of sp³-hybridized carbons (Fsp3) is 0.350. The summed E-state index contributed by atoms with van der Waals surface area (Å²) in [7, 11) is 1.62. The standard InChI is InChI=1S/C20H24N2O3.ClH/c1-14(2)20-21-18-9-4-5-10-19(18)22(20)12-15(23)13-25-17-8-6-7-16(11-17)24-3;/h4-11,14-15,23H,12-13H2,1-3H3;1H. The highest BCUT2D eigenvalue weighted by atomic mass is 35.5. The van der Waals surface area contributed by atoms with Crippen molar-refractivity contribution < 1.29 is 14.6 Å². The SMILES string of the molecule is COc1cccc(OCC(O)Cn2c(C(C)C)nc3ccccc32)c1.Cl. The van der Waals surface area contributed by atoms with Crippen LogP contribution in [-0.4, -0.2) is 34.5 Å². The van der Waals surface area contributed by atoms with E-state index in [-0.39, 0.29) is 24.9 Å². The molecule has 1 aromatic heterocycles. The molecular formula is C20H25ClN2O3. The van der Waals surface area contributed by atoms with Gasteiger partial charge in [-0.25, -0.2) is 4.98 Å². The summed E-state index contributed by atoms with van der Waals surface area (Å²) in [4.78, 5) is 4.70. The van der Waals surface area contributed by atoms with Gasteiger partial charge in [0.1, 0.15) is 30.0 Å². The molecule has 0 amide bonds. The Hall–Kier alpha value is -2.24. The molecule has 26 heavy (non-hydrogen) atoms. The van der Waals surface area contributed by atoms with Crippen LogP contribution in [0.15, 0.2) is 48.5 Å². The molecule has 0 fully saturated rings. The third-order valence-corrected chi connectivity index (χ3v) is 4.08. The van der Waals surface area contributed by atoms with E-state index in [0.717, 1.165) is 22.6 Å². The van der Waals surface area contributed by atoms with Crippen LogP contribution in [0.2, 0.25) is 0 Å². The van der Waals surface area contributed by atoms with Crippen molar-refractivity contribution in [1.29, 1.82) is 0 Å². The predicted octanol–water partition coefficient (Wildman–Crippen LogP) is 4.03. The molecule has 0 spiro atoms. The lowest BCUT2D eigenvalue weighted by Crippen LogP contribution is -2.24. The average Bonchev–Trinajstić information content (AvgIpc) is 2.99. The molecule has 3 rings (SSSR count). The molecule has 5 nitrogen and oxygen atoms in total. The Morgan fingerprint density at radius 2 is 1.81 bits per heavy atom.